The second-order valence-corrected chi connectivity index (χ2v) is 5.32. The highest BCUT2D eigenvalue weighted by Gasteiger charge is 2.18. The molecule has 0 bridgehead atoms. The molecule has 0 aliphatic carbocycles. The maximum atomic E-state index is 11.3. The van der Waals surface area contributed by atoms with Gasteiger partial charge in [0.2, 0.25) is 5.82 Å². The Kier molecular flexibility index (Phi) is 4.10. The monoisotopic (exact) mass is 316 g/mol. The number of hydrogen-bond acceptors (Lipinski definition) is 7. The molecular formula is C14H12N4O3S. The first-order valence-electron chi connectivity index (χ1n) is 6.40. The maximum Gasteiger partial charge on any atom is 0.343 e. The minimum Gasteiger partial charge on any atom is -0.480 e. The molecule has 8 heteroatoms. The number of aromatic nitrogens is 4. The van der Waals surface area contributed by atoms with Crippen molar-refractivity contribution in [2.75, 3.05) is 13.7 Å². The first kappa shape index (κ1) is 14.2. The molecule has 3 aromatic rings. The largest absolute Gasteiger partial charge is 0.480 e. The van der Waals surface area contributed by atoms with Gasteiger partial charge in [-0.25, -0.2) is 4.79 Å². The van der Waals surface area contributed by atoms with E-state index in [2.05, 4.69) is 25.4 Å². The molecule has 0 radical (unpaired) electrons. The third-order valence-corrected chi connectivity index (χ3v) is 4.04. The molecular weight excluding hydrogens is 304 g/mol. The SMILES string of the molecule is COC(=O)COc1cc(-c2ccccc2)sc1-c1nn[nH]n1. The number of H-pyrrole nitrogens is 1. The second kappa shape index (κ2) is 6.35. The molecule has 2 heterocycles. The summed E-state index contributed by atoms with van der Waals surface area (Å²) in [5.74, 6) is 0.495. The number of benzene rings is 1. The third kappa shape index (κ3) is 2.96. The van der Waals surface area contributed by atoms with Crippen LogP contribution in [0.5, 0.6) is 5.75 Å². The molecule has 1 aromatic carbocycles. The van der Waals surface area contributed by atoms with Gasteiger partial charge >= 0.3 is 5.97 Å². The Bertz CT molecular complexity index is 756. The molecule has 112 valence electrons. The van der Waals surface area contributed by atoms with Crippen LogP contribution >= 0.6 is 11.3 Å². The lowest BCUT2D eigenvalue weighted by molar-refractivity contribution is -0.142. The Morgan fingerprint density at radius 1 is 1.32 bits per heavy atom. The van der Waals surface area contributed by atoms with Crippen LogP contribution < -0.4 is 4.74 Å². The number of ether oxygens (including phenoxy) is 2. The van der Waals surface area contributed by atoms with E-state index in [1.165, 1.54) is 18.4 Å². The molecule has 0 fully saturated rings. The lowest BCUT2D eigenvalue weighted by atomic mass is 10.2. The van der Waals surface area contributed by atoms with Crippen LogP contribution in [0.25, 0.3) is 21.1 Å². The molecule has 0 unspecified atom stereocenters. The summed E-state index contributed by atoms with van der Waals surface area (Å²) in [4.78, 5) is 13.0. The van der Waals surface area contributed by atoms with Gasteiger partial charge in [0, 0.05) is 4.88 Å². The van der Waals surface area contributed by atoms with E-state index in [9.17, 15) is 4.79 Å². The van der Waals surface area contributed by atoms with Gasteiger partial charge in [0.1, 0.15) is 10.6 Å². The number of methoxy groups -OCH3 is 1. The summed E-state index contributed by atoms with van der Waals surface area (Å²) in [5, 5.41) is 13.9. The summed E-state index contributed by atoms with van der Waals surface area (Å²) in [5.41, 5.74) is 1.05. The number of thiophene rings is 1. The zero-order valence-electron chi connectivity index (χ0n) is 11.6. The Balaban J connectivity index is 1.96. The fourth-order valence-corrected chi connectivity index (χ4v) is 2.87. The molecule has 0 aliphatic heterocycles. The van der Waals surface area contributed by atoms with Crippen molar-refractivity contribution >= 4 is 17.3 Å². The van der Waals surface area contributed by atoms with Crippen LogP contribution in [0.3, 0.4) is 0 Å². The van der Waals surface area contributed by atoms with Crippen molar-refractivity contribution in [3.05, 3.63) is 36.4 Å². The van der Waals surface area contributed by atoms with Gasteiger partial charge < -0.3 is 9.47 Å². The highest BCUT2D eigenvalue weighted by atomic mass is 32.1. The van der Waals surface area contributed by atoms with E-state index < -0.39 is 5.97 Å². The van der Waals surface area contributed by atoms with Gasteiger partial charge in [-0.2, -0.15) is 5.21 Å². The van der Waals surface area contributed by atoms with Crippen LogP contribution in [0.1, 0.15) is 0 Å². The number of carbonyl (C=O) groups excluding carboxylic acids is 1. The van der Waals surface area contributed by atoms with Crippen molar-refractivity contribution in [1.82, 2.24) is 20.6 Å². The van der Waals surface area contributed by atoms with Crippen LogP contribution in [-0.4, -0.2) is 40.3 Å². The predicted molar refractivity (Wildman–Crippen MR) is 80.4 cm³/mol. The Hall–Kier alpha value is -2.74. The smallest absolute Gasteiger partial charge is 0.343 e. The van der Waals surface area contributed by atoms with Gasteiger partial charge in [-0.3, -0.25) is 0 Å². The lowest BCUT2D eigenvalue weighted by Crippen LogP contribution is -2.12. The molecule has 22 heavy (non-hydrogen) atoms. The Morgan fingerprint density at radius 2 is 2.14 bits per heavy atom. The van der Waals surface area contributed by atoms with Crippen LogP contribution in [-0.2, 0) is 9.53 Å². The van der Waals surface area contributed by atoms with E-state index in [1.54, 1.807) is 0 Å². The summed E-state index contributed by atoms with van der Waals surface area (Å²) < 4.78 is 10.1. The molecule has 0 amide bonds. The Labute approximate surface area is 129 Å². The Morgan fingerprint density at radius 3 is 2.82 bits per heavy atom. The first-order valence-corrected chi connectivity index (χ1v) is 7.22. The zero-order chi connectivity index (χ0) is 15.4. The van der Waals surface area contributed by atoms with E-state index in [0.717, 1.165) is 10.4 Å². The summed E-state index contributed by atoms with van der Waals surface area (Å²) in [7, 11) is 1.31. The predicted octanol–water partition coefficient (Wildman–Crippen LogP) is 2.15. The number of rotatable bonds is 5. The molecule has 1 N–H and O–H groups in total. The zero-order valence-corrected chi connectivity index (χ0v) is 12.5. The van der Waals surface area contributed by atoms with Gasteiger partial charge in [0.05, 0.1) is 7.11 Å². The second-order valence-electron chi connectivity index (χ2n) is 4.27. The summed E-state index contributed by atoms with van der Waals surface area (Å²) in [6.45, 7) is -0.174. The maximum absolute atomic E-state index is 11.3. The molecule has 0 spiro atoms. The molecule has 0 atom stereocenters. The van der Waals surface area contributed by atoms with E-state index in [-0.39, 0.29) is 6.61 Å². The average molecular weight is 316 g/mol. The van der Waals surface area contributed by atoms with Crippen molar-refractivity contribution in [3.8, 4) is 26.9 Å². The number of tetrazole rings is 1. The molecule has 0 saturated heterocycles. The number of carbonyl (C=O) groups is 1. The molecule has 7 nitrogen and oxygen atoms in total. The summed E-state index contributed by atoms with van der Waals surface area (Å²) in [6.07, 6.45) is 0. The van der Waals surface area contributed by atoms with Crippen LogP contribution in [0.4, 0.5) is 0 Å². The first-order chi connectivity index (χ1) is 10.8. The van der Waals surface area contributed by atoms with Crippen molar-refractivity contribution in [2.24, 2.45) is 0 Å². The highest BCUT2D eigenvalue weighted by molar-refractivity contribution is 7.19. The van der Waals surface area contributed by atoms with Gasteiger partial charge in [0.15, 0.2) is 6.61 Å². The van der Waals surface area contributed by atoms with Gasteiger partial charge in [-0.05, 0) is 16.8 Å². The van der Waals surface area contributed by atoms with Crippen molar-refractivity contribution < 1.29 is 14.3 Å². The standard InChI is InChI=1S/C14H12N4O3S/c1-20-12(19)8-21-10-7-11(9-5-3-2-4-6-9)22-13(10)14-15-17-18-16-14/h2-7H,8H2,1H3,(H,15,16,17,18). The van der Waals surface area contributed by atoms with Crippen LogP contribution in [0.2, 0.25) is 0 Å². The van der Waals surface area contributed by atoms with Crippen molar-refractivity contribution in [1.29, 1.82) is 0 Å². The van der Waals surface area contributed by atoms with E-state index in [4.69, 9.17) is 4.74 Å². The van der Waals surface area contributed by atoms with Crippen LogP contribution in [0, 0.1) is 0 Å². The van der Waals surface area contributed by atoms with E-state index in [0.29, 0.717) is 16.5 Å². The van der Waals surface area contributed by atoms with Gasteiger partial charge in [0.25, 0.3) is 0 Å². The van der Waals surface area contributed by atoms with Gasteiger partial charge in [-0.15, -0.1) is 21.5 Å². The summed E-state index contributed by atoms with van der Waals surface area (Å²) >= 11 is 1.47. The van der Waals surface area contributed by atoms with Gasteiger partial charge in [-0.1, -0.05) is 30.3 Å². The molecule has 0 aliphatic rings. The molecule has 3 rings (SSSR count). The number of hydrogen-bond donors (Lipinski definition) is 1. The average Bonchev–Trinajstić information content (AvgIpc) is 3.22. The molecule has 0 saturated carbocycles. The third-order valence-electron chi connectivity index (χ3n) is 2.88. The highest BCUT2D eigenvalue weighted by Crippen LogP contribution is 2.41. The fourth-order valence-electron chi connectivity index (χ4n) is 1.84. The molecule has 2 aromatic heterocycles. The lowest BCUT2D eigenvalue weighted by Gasteiger charge is -2.03. The van der Waals surface area contributed by atoms with E-state index in [1.807, 2.05) is 36.4 Å². The number of esters is 1. The number of nitrogens with one attached hydrogen (secondary N) is 1. The minimum atomic E-state index is -0.452. The normalized spacial score (nSPS) is 10.4. The topological polar surface area (TPSA) is 90.0 Å². The van der Waals surface area contributed by atoms with Crippen molar-refractivity contribution in [3.63, 3.8) is 0 Å². The fraction of sp³-hybridized carbons (Fsp3) is 0.143. The van der Waals surface area contributed by atoms with Crippen LogP contribution in [0.15, 0.2) is 36.4 Å². The number of nitrogens with zero attached hydrogens (tertiary/aromatic N) is 3. The minimum absolute atomic E-state index is 0.174. The quantitative estimate of drug-likeness (QED) is 0.725. The summed E-state index contributed by atoms with van der Waals surface area (Å²) in [6, 6.07) is 11.7. The van der Waals surface area contributed by atoms with E-state index >= 15 is 0 Å². The van der Waals surface area contributed by atoms with Crippen molar-refractivity contribution in [2.45, 2.75) is 0 Å². The number of aromatic amines is 1.